The van der Waals surface area contributed by atoms with Gasteiger partial charge in [0.25, 0.3) is 0 Å². The Morgan fingerprint density at radius 1 is 1.16 bits per heavy atom. The van der Waals surface area contributed by atoms with Gasteiger partial charge < -0.3 is 14.8 Å². The van der Waals surface area contributed by atoms with Gasteiger partial charge in [0.05, 0.1) is 7.11 Å². The lowest BCUT2D eigenvalue weighted by Crippen LogP contribution is -2.16. The Morgan fingerprint density at radius 2 is 1.96 bits per heavy atom. The van der Waals surface area contributed by atoms with Gasteiger partial charge in [0, 0.05) is 32.2 Å². The largest absolute Gasteiger partial charge is 0.493 e. The number of unbranched alkanes of at least 4 members (excludes halogenated alkanes) is 1. The van der Waals surface area contributed by atoms with Crippen molar-refractivity contribution >= 4 is 39.1 Å². The minimum absolute atomic E-state index is 0.338. The molecule has 2 aromatic rings. The van der Waals surface area contributed by atoms with Crippen molar-refractivity contribution in [2.24, 2.45) is 0 Å². The van der Waals surface area contributed by atoms with Crippen LogP contribution in [0.1, 0.15) is 30.9 Å². The molecule has 0 saturated heterocycles. The number of nitrogens with one attached hydrogen (secondary N) is 1. The van der Waals surface area contributed by atoms with Crippen LogP contribution < -0.4 is 14.8 Å². The molecule has 2 aromatic carbocycles. The van der Waals surface area contributed by atoms with Crippen LogP contribution >= 0.6 is 39.1 Å². The van der Waals surface area contributed by atoms with Gasteiger partial charge >= 0.3 is 0 Å². The maximum absolute atomic E-state index is 6.24. The molecule has 0 aliphatic heterocycles. The zero-order valence-corrected chi connectivity index (χ0v) is 17.5. The first-order valence-electron chi connectivity index (χ1n) is 8.19. The van der Waals surface area contributed by atoms with Gasteiger partial charge in [0.1, 0.15) is 6.61 Å². The van der Waals surface area contributed by atoms with E-state index in [2.05, 4.69) is 28.2 Å². The molecule has 136 valence electrons. The SMILES string of the molecule is CCCCNCc1c(Br)ccc(OC)c1OCc1ccc(Cl)cc1Cl. The van der Waals surface area contributed by atoms with Gasteiger partial charge in [-0.15, -0.1) is 0 Å². The van der Waals surface area contributed by atoms with Crippen LogP contribution in [0.2, 0.25) is 10.0 Å². The van der Waals surface area contributed by atoms with Crippen LogP contribution in [-0.4, -0.2) is 13.7 Å². The van der Waals surface area contributed by atoms with Crippen molar-refractivity contribution in [2.75, 3.05) is 13.7 Å². The number of benzene rings is 2. The number of halogens is 3. The maximum Gasteiger partial charge on any atom is 0.167 e. The Labute approximate surface area is 167 Å². The van der Waals surface area contributed by atoms with Crippen molar-refractivity contribution in [1.82, 2.24) is 5.32 Å². The Kier molecular flexibility index (Phi) is 8.37. The highest BCUT2D eigenvalue weighted by Gasteiger charge is 2.15. The van der Waals surface area contributed by atoms with E-state index in [9.17, 15) is 0 Å². The fourth-order valence-electron chi connectivity index (χ4n) is 2.37. The minimum atomic E-state index is 0.338. The van der Waals surface area contributed by atoms with Crippen LogP contribution in [0.5, 0.6) is 11.5 Å². The zero-order chi connectivity index (χ0) is 18.2. The van der Waals surface area contributed by atoms with Crippen LogP contribution in [0.15, 0.2) is 34.8 Å². The van der Waals surface area contributed by atoms with Crippen molar-refractivity contribution in [3.63, 3.8) is 0 Å². The second kappa shape index (κ2) is 10.3. The molecule has 0 fully saturated rings. The molecule has 1 N–H and O–H groups in total. The van der Waals surface area contributed by atoms with Gasteiger partial charge in [0.2, 0.25) is 0 Å². The highest BCUT2D eigenvalue weighted by Crippen LogP contribution is 2.37. The fourth-order valence-corrected chi connectivity index (χ4v) is 3.29. The second-order valence-corrected chi connectivity index (χ2v) is 7.31. The molecule has 0 saturated carbocycles. The van der Waals surface area contributed by atoms with E-state index < -0.39 is 0 Å². The van der Waals surface area contributed by atoms with Crippen LogP contribution in [-0.2, 0) is 13.2 Å². The lowest BCUT2D eigenvalue weighted by Gasteiger charge is -2.17. The van der Waals surface area contributed by atoms with E-state index in [-0.39, 0.29) is 0 Å². The number of hydrogen-bond donors (Lipinski definition) is 1. The molecule has 0 heterocycles. The maximum atomic E-state index is 6.24. The van der Waals surface area contributed by atoms with Gasteiger partial charge in [0.15, 0.2) is 11.5 Å². The fraction of sp³-hybridized carbons (Fsp3) is 0.368. The summed E-state index contributed by atoms with van der Waals surface area (Å²) in [5.41, 5.74) is 1.90. The quantitative estimate of drug-likeness (QED) is 0.463. The number of ether oxygens (including phenoxy) is 2. The lowest BCUT2D eigenvalue weighted by molar-refractivity contribution is 0.280. The van der Waals surface area contributed by atoms with Crippen LogP contribution in [0, 0.1) is 0 Å². The Bertz CT molecular complexity index is 710. The minimum Gasteiger partial charge on any atom is -0.493 e. The van der Waals surface area contributed by atoms with Crippen LogP contribution in [0.4, 0.5) is 0 Å². The van der Waals surface area contributed by atoms with Crippen molar-refractivity contribution < 1.29 is 9.47 Å². The van der Waals surface area contributed by atoms with Crippen molar-refractivity contribution in [3.8, 4) is 11.5 Å². The molecule has 2 rings (SSSR count). The summed E-state index contributed by atoms with van der Waals surface area (Å²) in [6.07, 6.45) is 2.29. The Hall–Kier alpha value is -0.940. The smallest absolute Gasteiger partial charge is 0.167 e. The number of methoxy groups -OCH3 is 1. The molecule has 0 spiro atoms. The van der Waals surface area contributed by atoms with Gasteiger partial charge in [-0.05, 0) is 37.2 Å². The summed E-state index contributed by atoms with van der Waals surface area (Å²) in [5.74, 6) is 1.41. The molecule has 0 aromatic heterocycles. The predicted octanol–water partition coefficient (Wildman–Crippen LogP) is 6.23. The van der Waals surface area contributed by atoms with Gasteiger partial charge in [-0.1, -0.05) is 58.5 Å². The van der Waals surface area contributed by atoms with E-state index >= 15 is 0 Å². The molecule has 0 radical (unpaired) electrons. The van der Waals surface area contributed by atoms with Gasteiger partial charge in [-0.25, -0.2) is 0 Å². The first-order valence-corrected chi connectivity index (χ1v) is 9.74. The molecule has 3 nitrogen and oxygen atoms in total. The molecule has 6 heteroatoms. The summed E-state index contributed by atoms with van der Waals surface area (Å²) in [6.45, 7) is 4.17. The molecule has 0 bridgehead atoms. The monoisotopic (exact) mass is 445 g/mol. The van der Waals surface area contributed by atoms with E-state index in [1.807, 2.05) is 18.2 Å². The third kappa shape index (κ3) is 5.78. The third-order valence-electron chi connectivity index (χ3n) is 3.78. The molecular formula is C19H22BrCl2NO2. The summed E-state index contributed by atoms with van der Waals surface area (Å²) >= 11 is 15.8. The molecule has 0 aliphatic rings. The topological polar surface area (TPSA) is 30.5 Å². The average Bonchev–Trinajstić information content (AvgIpc) is 2.59. The van der Waals surface area contributed by atoms with Gasteiger partial charge in [-0.2, -0.15) is 0 Å². The zero-order valence-electron chi connectivity index (χ0n) is 14.4. The second-order valence-electron chi connectivity index (χ2n) is 5.61. The Balaban J connectivity index is 2.20. The molecule has 0 amide bonds. The molecule has 25 heavy (non-hydrogen) atoms. The van der Waals surface area contributed by atoms with Crippen molar-refractivity contribution in [2.45, 2.75) is 32.9 Å². The summed E-state index contributed by atoms with van der Waals surface area (Å²) in [5, 5.41) is 4.64. The van der Waals surface area contributed by atoms with E-state index in [0.29, 0.717) is 34.7 Å². The molecule has 0 aliphatic carbocycles. The van der Waals surface area contributed by atoms with Crippen molar-refractivity contribution in [3.05, 3.63) is 56.0 Å². The summed E-state index contributed by atoms with van der Waals surface area (Å²) in [7, 11) is 1.64. The normalized spacial score (nSPS) is 10.8. The van der Waals surface area contributed by atoms with E-state index in [4.69, 9.17) is 32.7 Å². The van der Waals surface area contributed by atoms with E-state index in [1.165, 1.54) is 0 Å². The number of rotatable bonds is 9. The first-order chi connectivity index (χ1) is 12.1. The number of hydrogen-bond acceptors (Lipinski definition) is 3. The van der Waals surface area contributed by atoms with E-state index in [1.54, 1.807) is 19.2 Å². The summed E-state index contributed by atoms with van der Waals surface area (Å²) in [6, 6.07) is 9.25. The summed E-state index contributed by atoms with van der Waals surface area (Å²) in [4.78, 5) is 0. The average molecular weight is 447 g/mol. The summed E-state index contributed by atoms with van der Waals surface area (Å²) < 4.78 is 12.5. The third-order valence-corrected chi connectivity index (χ3v) is 5.11. The highest BCUT2D eigenvalue weighted by atomic mass is 79.9. The molecule has 0 unspecified atom stereocenters. The predicted molar refractivity (Wildman–Crippen MR) is 108 cm³/mol. The first kappa shape index (κ1) is 20.4. The lowest BCUT2D eigenvalue weighted by atomic mass is 10.1. The van der Waals surface area contributed by atoms with Crippen LogP contribution in [0.3, 0.4) is 0 Å². The standard InChI is InChI=1S/C19H22BrCl2NO2/c1-3-4-9-23-11-15-16(20)7-8-18(24-2)19(15)25-12-13-5-6-14(21)10-17(13)22/h5-8,10,23H,3-4,9,11-12H2,1-2H3. The molecular weight excluding hydrogens is 425 g/mol. The van der Waals surface area contributed by atoms with Crippen molar-refractivity contribution in [1.29, 1.82) is 0 Å². The molecule has 0 atom stereocenters. The highest BCUT2D eigenvalue weighted by molar-refractivity contribution is 9.10. The van der Waals surface area contributed by atoms with E-state index in [0.717, 1.165) is 35.0 Å². The Morgan fingerprint density at radius 3 is 2.64 bits per heavy atom. The van der Waals surface area contributed by atoms with Crippen LogP contribution in [0.25, 0.3) is 0 Å². The van der Waals surface area contributed by atoms with Gasteiger partial charge in [-0.3, -0.25) is 0 Å².